The molecule has 1 aromatic rings. The van der Waals surface area contributed by atoms with Gasteiger partial charge in [0.2, 0.25) is 0 Å². The van der Waals surface area contributed by atoms with Crippen LogP contribution in [0.1, 0.15) is 37.3 Å². The highest BCUT2D eigenvalue weighted by atomic mass is 16.6. The Bertz CT molecular complexity index is 574. The summed E-state index contributed by atoms with van der Waals surface area (Å²) in [5.74, 6) is 1.84. The molecule has 1 aliphatic heterocycles. The molecule has 0 amide bonds. The molecule has 1 aromatic carbocycles. The molecule has 1 aliphatic carbocycles. The van der Waals surface area contributed by atoms with E-state index in [0.717, 1.165) is 36.1 Å². The van der Waals surface area contributed by atoms with Gasteiger partial charge in [-0.05, 0) is 43.9 Å². The van der Waals surface area contributed by atoms with Gasteiger partial charge in [0.25, 0.3) is 0 Å². The second kappa shape index (κ2) is 5.19. The molecule has 0 saturated carbocycles. The zero-order valence-corrected chi connectivity index (χ0v) is 11.8. The Kier molecular flexibility index (Phi) is 3.38. The van der Waals surface area contributed by atoms with Crippen LogP contribution in [0.3, 0.4) is 0 Å². The first-order chi connectivity index (χ1) is 9.74. The van der Waals surface area contributed by atoms with E-state index in [4.69, 9.17) is 14.2 Å². The van der Waals surface area contributed by atoms with Crippen LogP contribution in [0.25, 0.3) is 5.76 Å². The Labute approximate surface area is 118 Å². The van der Waals surface area contributed by atoms with Crippen LogP contribution in [0.5, 0.6) is 11.5 Å². The zero-order chi connectivity index (χ0) is 14.1. The van der Waals surface area contributed by atoms with Crippen LogP contribution in [0.2, 0.25) is 0 Å². The van der Waals surface area contributed by atoms with Gasteiger partial charge in [-0.3, -0.25) is 0 Å². The third kappa shape index (κ3) is 2.05. The van der Waals surface area contributed by atoms with Crippen molar-refractivity contribution in [2.24, 2.45) is 0 Å². The molecule has 4 heteroatoms. The fourth-order valence-electron chi connectivity index (χ4n) is 2.75. The van der Waals surface area contributed by atoms with Crippen molar-refractivity contribution in [2.45, 2.75) is 38.7 Å². The number of carbonyl (C=O) groups excluding carboxylic acids is 1. The summed E-state index contributed by atoms with van der Waals surface area (Å²) < 4.78 is 16.8. The summed E-state index contributed by atoms with van der Waals surface area (Å²) in [5.41, 5.74) is 1.95. The van der Waals surface area contributed by atoms with Crippen molar-refractivity contribution < 1.29 is 19.0 Å². The summed E-state index contributed by atoms with van der Waals surface area (Å²) in [5, 5.41) is 0. The van der Waals surface area contributed by atoms with E-state index in [9.17, 15) is 4.79 Å². The summed E-state index contributed by atoms with van der Waals surface area (Å²) in [6.07, 6.45) is 4.81. The minimum atomic E-state index is -0.541. The van der Waals surface area contributed by atoms with Crippen LogP contribution in [-0.2, 0) is 16.0 Å². The van der Waals surface area contributed by atoms with Gasteiger partial charge in [0.05, 0.1) is 12.7 Å². The third-order valence-corrected chi connectivity index (χ3v) is 3.77. The first kappa shape index (κ1) is 13.0. The first-order valence-corrected chi connectivity index (χ1v) is 7.03. The fraction of sp³-hybridized carbons (Fsp3) is 0.438. The Hall–Kier alpha value is -1.97. The largest absolute Gasteiger partial charge is 0.496 e. The van der Waals surface area contributed by atoms with Crippen LogP contribution in [0, 0.1) is 0 Å². The van der Waals surface area contributed by atoms with Gasteiger partial charge in [-0.1, -0.05) is 6.92 Å². The van der Waals surface area contributed by atoms with Crippen LogP contribution in [0.4, 0.5) is 0 Å². The number of benzene rings is 1. The van der Waals surface area contributed by atoms with E-state index in [0.29, 0.717) is 17.9 Å². The molecule has 0 saturated heterocycles. The summed E-state index contributed by atoms with van der Waals surface area (Å²) in [7, 11) is 1.66. The van der Waals surface area contributed by atoms with Crippen molar-refractivity contribution in [2.75, 3.05) is 7.11 Å². The van der Waals surface area contributed by atoms with Crippen molar-refractivity contribution in [3.05, 3.63) is 29.3 Å². The van der Waals surface area contributed by atoms with Crippen LogP contribution < -0.4 is 9.47 Å². The van der Waals surface area contributed by atoms with E-state index < -0.39 is 6.10 Å². The van der Waals surface area contributed by atoms with Crippen molar-refractivity contribution in [1.29, 1.82) is 0 Å². The number of hydrogen-bond donors (Lipinski definition) is 0. The second-order valence-corrected chi connectivity index (χ2v) is 5.02. The van der Waals surface area contributed by atoms with E-state index in [-0.39, 0.29) is 5.97 Å². The number of rotatable bonds is 2. The highest BCUT2D eigenvalue weighted by molar-refractivity contribution is 5.86. The van der Waals surface area contributed by atoms with Crippen molar-refractivity contribution in [3.63, 3.8) is 0 Å². The van der Waals surface area contributed by atoms with E-state index >= 15 is 0 Å². The molecule has 4 nitrogen and oxygen atoms in total. The quantitative estimate of drug-likeness (QED) is 0.777. The molecular weight excluding hydrogens is 256 g/mol. The molecule has 1 atom stereocenters. The molecule has 0 fully saturated rings. The minimum Gasteiger partial charge on any atom is -0.496 e. The van der Waals surface area contributed by atoms with Gasteiger partial charge in [0, 0.05) is 5.56 Å². The second-order valence-electron chi connectivity index (χ2n) is 5.02. The maximum absolute atomic E-state index is 12.1. The summed E-state index contributed by atoms with van der Waals surface area (Å²) in [4.78, 5) is 12.1. The van der Waals surface area contributed by atoms with Gasteiger partial charge in [0.1, 0.15) is 17.3 Å². The number of methoxy groups -OCH3 is 1. The Morgan fingerprint density at radius 1 is 1.40 bits per heavy atom. The topological polar surface area (TPSA) is 44.8 Å². The number of carbonyl (C=O) groups is 1. The summed E-state index contributed by atoms with van der Waals surface area (Å²) >= 11 is 0. The lowest BCUT2D eigenvalue weighted by molar-refractivity contribution is -0.144. The predicted molar refractivity (Wildman–Crippen MR) is 74.7 cm³/mol. The van der Waals surface area contributed by atoms with E-state index in [2.05, 4.69) is 0 Å². The van der Waals surface area contributed by atoms with Gasteiger partial charge in [0.15, 0.2) is 6.10 Å². The van der Waals surface area contributed by atoms with Gasteiger partial charge in [-0.2, -0.15) is 0 Å². The van der Waals surface area contributed by atoms with Gasteiger partial charge < -0.3 is 14.2 Å². The number of hydrogen-bond acceptors (Lipinski definition) is 4. The third-order valence-electron chi connectivity index (χ3n) is 3.77. The highest BCUT2D eigenvalue weighted by Gasteiger charge is 2.31. The molecule has 1 unspecified atom stereocenters. The van der Waals surface area contributed by atoms with Crippen LogP contribution in [-0.4, -0.2) is 19.2 Å². The molecule has 0 bridgehead atoms. The Balaban J connectivity index is 2.19. The molecule has 0 aromatic heterocycles. The van der Waals surface area contributed by atoms with E-state index in [1.165, 1.54) is 0 Å². The lowest BCUT2D eigenvalue weighted by Gasteiger charge is -2.16. The molecule has 0 spiro atoms. The smallest absolute Gasteiger partial charge is 0.352 e. The molecule has 1 heterocycles. The standard InChI is InChI=1S/C16H18O4/c1-3-11-16(17)20-13-7-5-4-6-10-12(18-2)8-9-14(19-11)15(10)13/h7-9,11H,3-6H2,1-2H3. The summed E-state index contributed by atoms with van der Waals surface area (Å²) in [6.45, 7) is 1.91. The maximum atomic E-state index is 12.1. The fourth-order valence-corrected chi connectivity index (χ4v) is 2.75. The number of esters is 1. The minimum absolute atomic E-state index is 0.318. The molecule has 106 valence electrons. The van der Waals surface area contributed by atoms with Crippen LogP contribution in [0.15, 0.2) is 18.2 Å². The SMILES string of the molecule is CCC1Oc2ccc(OC)c3c2C(=CCCC3)OC1=O. The van der Waals surface area contributed by atoms with E-state index in [1.807, 2.05) is 25.1 Å². The molecule has 0 radical (unpaired) electrons. The average Bonchev–Trinajstić information content (AvgIpc) is 2.74. The monoisotopic (exact) mass is 274 g/mol. The summed E-state index contributed by atoms with van der Waals surface area (Å²) in [6, 6.07) is 3.76. The van der Waals surface area contributed by atoms with Gasteiger partial charge in [-0.15, -0.1) is 0 Å². The average molecular weight is 274 g/mol. The highest BCUT2D eigenvalue weighted by Crippen LogP contribution is 2.41. The Morgan fingerprint density at radius 3 is 3.00 bits per heavy atom. The van der Waals surface area contributed by atoms with Crippen molar-refractivity contribution in [3.8, 4) is 11.5 Å². The van der Waals surface area contributed by atoms with Crippen molar-refractivity contribution in [1.82, 2.24) is 0 Å². The molecule has 2 aliphatic rings. The van der Waals surface area contributed by atoms with E-state index in [1.54, 1.807) is 7.11 Å². The van der Waals surface area contributed by atoms with Gasteiger partial charge in [-0.25, -0.2) is 4.79 Å². The molecule has 20 heavy (non-hydrogen) atoms. The molecular formula is C16H18O4. The zero-order valence-electron chi connectivity index (χ0n) is 11.8. The normalized spacial score (nSPS) is 20.8. The maximum Gasteiger partial charge on any atom is 0.352 e. The van der Waals surface area contributed by atoms with Crippen LogP contribution >= 0.6 is 0 Å². The first-order valence-electron chi connectivity index (χ1n) is 7.03. The predicted octanol–water partition coefficient (Wildman–Crippen LogP) is 3.09. The molecule has 3 rings (SSSR count). The van der Waals surface area contributed by atoms with Crippen molar-refractivity contribution >= 4 is 11.7 Å². The Morgan fingerprint density at radius 2 is 2.25 bits per heavy atom. The lowest BCUT2D eigenvalue weighted by Crippen LogP contribution is -2.26. The number of allylic oxidation sites excluding steroid dienone is 1. The van der Waals surface area contributed by atoms with Gasteiger partial charge >= 0.3 is 5.97 Å². The lowest BCUT2D eigenvalue weighted by atomic mass is 10.0. The number of ether oxygens (including phenoxy) is 3. The molecule has 0 N–H and O–H groups in total.